The van der Waals surface area contributed by atoms with Crippen molar-refractivity contribution in [1.29, 1.82) is 5.26 Å². The Labute approximate surface area is 208 Å². The van der Waals surface area contributed by atoms with Gasteiger partial charge in [0, 0.05) is 7.05 Å². The van der Waals surface area contributed by atoms with Gasteiger partial charge in [-0.2, -0.15) is 18.4 Å². The lowest BCUT2D eigenvalue weighted by atomic mass is 10.2. The lowest BCUT2D eigenvalue weighted by molar-refractivity contribution is -0.137. The van der Waals surface area contributed by atoms with E-state index in [1.165, 1.54) is 19.9 Å². The van der Waals surface area contributed by atoms with Crippen LogP contribution in [0.5, 0.6) is 0 Å². The third-order valence-corrected chi connectivity index (χ3v) is 7.97. The Kier molecular flexibility index (Phi) is 9.09. The number of nitriles is 1. The first-order valence-corrected chi connectivity index (χ1v) is 12.6. The standard InChI is InChI=1S/C17H15Cl2F6N4O4PS/c1-4-32-34(30,33-5-2)28(3)15-14(35(31)17(23,24)25)12(8-26)27-29(15)13-10(18)6-9(7-11(13)19)16(20,21)22/h6-7H,4-5H2,1-3H3. The molecule has 0 amide bonds. The number of halogens is 8. The maximum atomic E-state index is 13.5. The van der Waals surface area contributed by atoms with Crippen molar-refractivity contribution in [3.63, 3.8) is 0 Å². The van der Waals surface area contributed by atoms with Crippen LogP contribution in [0.15, 0.2) is 17.0 Å². The van der Waals surface area contributed by atoms with E-state index in [-0.39, 0.29) is 13.2 Å². The van der Waals surface area contributed by atoms with Crippen LogP contribution in [0.2, 0.25) is 10.0 Å². The fourth-order valence-electron chi connectivity index (χ4n) is 2.78. The minimum Gasteiger partial charge on any atom is -0.604 e. The van der Waals surface area contributed by atoms with Gasteiger partial charge in [0.2, 0.25) is 10.6 Å². The monoisotopic (exact) mass is 586 g/mol. The van der Waals surface area contributed by atoms with Gasteiger partial charge >= 0.3 is 19.4 Å². The summed E-state index contributed by atoms with van der Waals surface area (Å²) in [7, 11) is -3.53. The number of rotatable bonds is 8. The molecule has 0 saturated heterocycles. The quantitative estimate of drug-likeness (QED) is 0.203. The maximum Gasteiger partial charge on any atom is 0.578 e. The number of hydrogen-bond donors (Lipinski definition) is 0. The predicted molar refractivity (Wildman–Crippen MR) is 115 cm³/mol. The zero-order valence-corrected chi connectivity index (χ0v) is 21.1. The Morgan fingerprint density at radius 2 is 1.66 bits per heavy atom. The molecule has 194 valence electrons. The first-order valence-electron chi connectivity index (χ1n) is 9.25. The van der Waals surface area contributed by atoms with E-state index < -0.39 is 68.3 Å². The highest BCUT2D eigenvalue weighted by Crippen LogP contribution is 2.56. The summed E-state index contributed by atoms with van der Waals surface area (Å²) in [5, 5.41) is 11.6. The molecule has 0 aliphatic heterocycles. The van der Waals surface area contributed by atoms with Gasteiger partial charge in [0.25, 0.3) is 0 Å². The van der Waals surface area contributed by atoms with E-state index in [0.717, 1.165) is 7.05 Å². The van der Waals surface area contributed by atoms with Gasteiger partial charge in [-0.1, -0.05) is 23.2 Å². The van der Waals surface area contributed by atoms with Crippen molar-refractivity contribution in [2.24, 2.45) is 0 Å². The second-order valence-electron chi connectivity index (χ2n) is 6.35. The molecule has 0 spiro atoms. The summed E-state index contributed by atoms with van der Waals surface area (Å²) < 4.78 is 117. The molecule has 0 radical (unpaired) electrons. The summed E-state index contributed by atoms with van der Waals surface area (Å²) >= 11 is 8.06. The number of benzene rings is 1. The Hall–Kier alpha value is -1.66. The Morgan fingerprint density at radius 3 is 2.03 bits per heavy atom. The highest BCUT2D eigenvalue weighted by Gasteiger charge is 2.52. The molecule has 0 N–H and O–H groups in total. The molecule has 35 heavy (non-hydrogen) atoms. The van der Waals surface area contributed by atoms with Crippen LogP contribution in [0.3, 0.4) is 0 Å². The lowest BCUT2D eigenvalue weighted by Gasteiger charge is -2.29. The molecule has 0 saturated carbocycles. The molecule has 1 heterocycles. The van der Waals surface area contributed by atoms with Crippen molar-refractivity contribution < 1.29 is 44.5 Å². The van der Waals surface area contributed by atoms with Crippen molar-refractivity contribution in [1.82, 2.24) is 9.78 Å². The maximum absolute atomic E-state index is 13.5. The average Bonchev–Trinajstić information content (AvgIpc) is 3.09. The van der Waals surface area contributed by atoms with E-state index in [1.54, 1.807) is 0 Å². The zero-order valence-electron chi connectivity index (χ0n) is 17.9. The van der Waals surface area contributed by atoms with E-state index in [9.17, 15) is 40.7 Å². The summed E-state index contributed by atoms with van der Waals surface area (Å²) in [5.41, 5.74) is -8.35. The van der Waals surface area contributed by atoms with Crippen LogP contribution < -0.4 is 4.67 Å². The molecule has 8 nitrogen and oxygen atoms in total. The van der Waals surface area contributed by atoms with Gasteiger partial charge in [-0.3, -0.25) is 13.7 Å². The fraction of sp³-hybridized carbons (Fsp3) is 0.412. The molecule has 1 unspecified atom stereocenters. The van der Waals surface area contributed by atoms with Crippen LogP contribution in [-0.2, 0) is 31.0 Å². The largest absolute Gasteiger partial charge is 0.604 e. The second kappa shape index (κ2) is 10.8. The topological polar surface area (TPSA) is 103 Å². The van der Waals surface area contributed by atoms with Gasteiger partial charge in [0.05, 0.1) is 28.8 Å². The van der Waals surface area contributed by atoms with Crippen molar-refractivity contribution in [2.75, 3.05) is 24.9 Å². The van der Waals surface area contributed by atoms with Gasteiger partial charge < -0.3 is 4.55 Å². The first-order chi connectivity index (χ1) is 16.0. The molecule has 1 aromatic carbocycles. The minimum absolute atomic E-state index is 0.250. The Morgan fingerprint density at radius 1 is 1.17 bits per heavy atom. The van der Waals surface area contributed by atoms with E-state index in [4.69, 9.17) is 32.2 Å². The smallest absolute Gasteiger partial charge is 0.578 e. The van der Waals surface area contributed by atoms with Crippen LogP contribution in [0, 0.1) is 11.3 Å². The Bertz CT molecular complexity index is 1150. The van der Waals surface area contributed by atoms with Crippen molar-refractivity contribution >= 4 is 47.9 Å². The summed E-state index contributed by atoms with van der Waals surface area (Å²) in [5.74, 6) is -0.911. The normalized spacial score (nSPS) is 13.6. The van der Waals surface area contributed by atoms with Crippen LogP contribution >= 0.6 is 30.9 Å². The van der Waals surface area contributed by atoms with Gasteiger partial charge in [-0.05, 0) is 26.0 Å². The van der Waals surface area contributed by atoms with Crippen LogP contribution in [0.4, 0.5) is 32.2 Å². The summed E-state index contributed by atoms with van der Waals surface area (Å²) in [4.78, 5) is -1.26. The molecule has 18 heteroatoms. The Balaban J connectivity index is 3.00. The molecule has 1 atom stereocenters. The third kappa shape index (κ3) is 6.02. The SMILES string of the molecule is CCOP(=O)(OCC)N(C)c1c([S+]([O-])C(F)(F)F)c(C#N)nn1-c1c(Cl)cc(C(F)(F)F)cc1Cl. The van der Waals surface area contributed by atoms with Crippen molar-refractivity contribution in [3.8, 4) is 11.8 Å². The number of nitrogens with zero attached hydrogens (tertiary/aromatic N) is 4. The van der Waals surface area contributed by atoms with Crippen molar-refractivity contribution in [3.05, 3.63) is 33.4 Å². The van der Waals surface area contributed by atoms with Crippen LogP contribution in [0.25, 0.3) is 5.69 Å². The highest BCUT2D eigenvalue weighted by molar-refractivity contribution is 7.92. The van der Waals surface area contributed by atoms with Crippen LogP contribution in [0.1, 0.15) is 25.1 Å². The minimum atomic E-state index is -5.41. The van der Waals surface area contributed by atoms with E-state index in [0.29, 0.717) is 21.5 Å². The van der Waals surface area contributed by atoms with E-state index in [2.05, 4.69) is 5.10 Å². The fourth-order valence-corrected chi connectivity index (χ4v) is 5.87. The molecule has 0 aliphatic carbocycles. The van der Waals surface area contributed by atoms with Gasteiger partial charge in [-0.15, -0.1) is 18.3 Å². The highest BCUT2D eigenvalue weighted by atomic mass is 35.5. The van der Waals surface area contributed by atoms with Gasteiger partial charge in [0.1, 0.15) is 22.9 Å². The second-order valence-corrected chi connectivity index (χ2v) is 10.6. The predicted octanol–water partition coefficient (Wildman–Crippen LogP) is 6.31. The summed E-state index contributed by atoms with van der Waals surface area (Å²) in [6, 6.07) is 2.18. The summed E-state index contributed by atoms with van der Waals surface area (Å²) in [6.07, 6.45) is -4.88. The molecule has 2 rings (SSSR count). The van der Waals surface area contributed by atoms with E-state index >= 15 is 0 Å². The van der Waals surface area contributed by atoms with Crippen molar-refractivity contribution in [2.45, 2.75) is 30.4 Å². The third-order valence-electron chi connectivity index (χ3n) is 4.13. The average molecular weight is 587 g/mol. The van der Waals surface area contributed by atoms with Gasteiger partial charge in [0.15, 0.2) is 5.82 Å². The summed E-state index contributed by atoms with van der Waals surface area (Å²) in [6.45, 7) is 2.30. The van der Waals surface area contributed by atoms with Crippen LogP contribution in [-0.4, -0.2) is 40.1 Å². The number of alkyl halides is 6. The number of aromatic nitrogens is 2. The molecule has 1 aromatic heterocycles. The molecule has 0 bridgehead atoms. The molecule has 0 aliphatic rings. The molecular weight excluding hydrogens is 572 g/mol. The van der Waals surface area contributed by atoms with Gasteiger partial charge in [-0.25, -0.2) is 9.25 Å². The lowest BCUT2D eigenvalue weighted by Crippen LogP contribution is -2.28. The molecule has 2 aromatic rings. The molecule has 0 fully saturated rings. The number of anilines is 1. The first kappa shape index (κ1) is 29.6. The van der Waals surface area contributed by atoms with E-state index in [1.807, 2.05) is 0 Å². The molecular formula is C17H15Cl2F6N4O4PS. The number of hydrogen-bond acceptors (Lipinski definition) is 6. The zero-order chi connectivity index (χ0) is 26.9.